The van der Waals surface area contributed by atoms with Crippen LogP contribution in [0, 0.1) is 5.92 Å². The van der Waals surface area contributed by atoms with Crippen LogP contribution in [0.25, 0.3) is 10.4 Å². The van der Waals surface area contributed by atoms with Crippen LogP contribution < -0.4 is 5.32 Å². The zero-order chi connectivity index (χ0) is 17.4. The van der Waals surface area contributed by atoms with E-state index in [1.54, 1.807) is 13.0 Å². The van der Waals surface area contributed by atoms with Gasteiger partial charge in [-0.1, -0.05) is 18.1 Å². The molecule has 24 heavy (non-hydrogen) atoms. The van der Waals surface area contributed by atoms with Crippen LogP contribution in [0.15, 0.2) is 16.8 Å². The fraction of sp³-hybridized carbons (Fsp3) is 0.857. The van der Waals surface area contributed by atoms with Crippen LogP contribution in [0.5, 0.6) is 0 Å². The van der Waals surface area contributed by atoms with E-state index < -0.39 is 48.8 Å². The molecule has 2 fully saturated rings. The Hall–Kier alpha value is -1.23. The summed E-state index contributed by atoms with van der Waals surface area (Å²) in [5.41, 5.74) is 9.25. The fourth-order valence-corrected chi connectivity index (χ4v) is 3.56. The van der Waals surface area contributed by atoms with E-state index in [0.717, 1.165) is 0 Å². The lowest BCUT2D eigenvalue weighted by molar-refractivity contribution is -0.146. The Morgan fingerprint density at radius 3 is 2.75 bits per heavy atom. The Balaban J connectivity index is 1.81. The van der Waals surface area contributed by atoms with Gasteiger partial charge in [0.15, 0.2) is 6.29 Å². The normalized spacial score (nSPS) is 47.9. The Labute approximate surface area is 138 Å². The molecule has 0 amide bonds. The smallest absolute Gasteiger partial charge is 0.169 e. The van der Waals surface area contributed by atoms with Gasteiger partial charge in [0.05, 0.1) is 43.6 Å². The molecule has 2 saturated heterocycles. The molecule has 0 saturated carbocycles. The number of nitrogens with one attached hydrogen (secondary N) is 1. The van der Waals surface area contributed by atoms with Crippen LogP contribution in [0.1, 0.15) is 6.92 Å². The van der Waals surface area contributed by atoms with E-state index in [1.807, 2.05) is 0 Å². The van der Waals surface area contributed by atoms with Crippen molar-refractivity contribution >= 4 is 0 Å². The van der Waals surface area contributed by atoms with Crippen molar-refractivity contribution < 1.29 is 29.9 Å². The van der Waals surface area contributed by atoms with E-state index in [0.29, 0.717) is 5.57 Å². The average Bonchev–Trinajstić information content (AvgIpc) is 3.01. The number of rotatable bonds is 4. The van der Waals surface area contributed by atoms with Gasteiger partial charge in [-0.05, 0) is 11.1 Å². The van der Waals surface area contributed by atoms with E-state index >= 15 is 0 Å². The number of nitrogens with zero attached hydrogens (tertiary/aromatic N) is 3. The molecule has 0 aromatic rings. The van der Waals surface area contributed by atoms with E-state index in [9.17, 15) is 20.4 Å². The number of hydrogen-bond acceptors (Lipinski definition) is 8. The van der Waals surface area contributed by atoms with Crippen molar-refractivity contribution in [2.75, 3.05) is 13.2 Å². The van der Waals surface area contributed by atoms with Gasteiger partial charge in [0.2, 0.25) is 0 Å². The summed E-state index contributed by atoms with van der Waals surface area (Å²) >= 11 is 0. The molecule has 0 spiro atoms. The number of aliphatic hydroxyl groups is 4. The van der Waals surface area contributed by atoms with Crippen molar-refractivity contribution in [2.45, 2.75) is 55.8 Å². The summed E-state index contributed by atoms with van der Waals surface area (Å²) in [5.74, 6) is -0.370. The third-order valence-corrected chi connectivity index (χ3v) is 5.09. The van der Waals surface area contributed by atoms with Gasteiger partial charge in [0.1, 0.15) is 12.1 Å². The first-order valence-electron chi connectivity index (χ1n) is 7.91. The van der Waals surface area contributed by atoms with Crippen molar-refractivity contribution in [3.63, 3.8) is 0 Å². The maximum absolute atomic E-state index is 10.5. The summed E-state index contributed by atoms with van der Waals surface area (Å²) in [5, 5.41) is 47.0. The highest BCUT2D eigenvalue weighted by Gasteiger charge is 2.51. The number of azide groups is 1. The van der Waals surface area contributed by atoms with Gasteiger partial charge in [-0.15, -0.1) is 0 Å². The molecule has 10 nitrogen and oxygen atoms in total. The maximum Gasteiger partial charge on any atom is 0.169 e. The van der Waals surface area contributed by atoms with Gasteiger partial charge in [0.25, 0.3) is 0 Å². The Morgan fingerprint density at radius 1 is 1.33 bits per heavy atom. The molecular formula is C14H22N4O6. The maximum atomic E-state index is 10.5. The second-order valence-corrected chi connectivity index (χ2v) is 6.45. The standard InChI is InChI=1S/C14H22N4O6/c1-5-6(3-19)2-7(12(21)11(5)20)16-9-8-4-23-14(24-8)10(13(9)22)17-18-15/h2,5,7-14,16,19-22H,3-4H2,1H3. The molecule has 1 aliphatic carbocycles. The SMILES string of the molecule is CC1C(CO)=CC(NC2C3COC(O3)C(N=[N+]=[N-])C2O)C(O)C1O. The summed E-state index contributed by atoms with van der Waals surface area (Å²) in [4.78, 5) is 2.71. The summed E-state index contributed by atoms with van der Waals surface area (Å²) in [7, 11) is 0. The molecule has 0 aromatic heterocycles. The van der Waals surface area contributed by atoms with Gasteiger partial charge in [0, 0.05) is 10.8 Å². The molecule has 3 rings (SSSR count). The first kappa shape index (κ1) is 17.6. The Morgan fingerprint density at radius 2 is 2.08 bits per heavy atom. The largest absolute Gasteiger partial charge is 0.392 e. The second-order valence-electron chi connectivity index (χ2n) is 6.45. The van der Waals surface area contributed by atoms with Crippen LogP contribution >= 0.6 is 0 Å². The molecule has 9 atom stereocenters. The minimum absolute atomic E-state index is 0.217. The molecule has 134 valence electrons. The Bertz CT molecular complexity index is 553. The number of ether oxygens (including phenoxy) is 2. The lowest BCUT2D eigenvalue weighted by Crippen LogP contribution is -2.64. The van der Waals surface area contributed by atoms with Crippen molar-refractivity contribution in [1.82, 2.24) is 5.32 Å². The highest BCUT2D eigenvalue weighted by Crippen LogP contribution is 2.32. The van der Waals surface area contributed by atoms with Crippen LogP contribution in [0.3, 0.4) is 0 Å². The molecule has 2 heterocycles. The average molecular weight is 342 g/mol. The highest BCUT2D eigenvalue weighted by atomic mass is 16.7. The predicted octanol–water partition coefficient (Wildman–Crippen LogP) is -1.60. The molecule has 2 aliphatic heterocycles. The summed E-state index contributed by atoms with van der Waals surface area (Å²) < 4.78 is 11.0. The quantitative estimate of drug-likeness (QED) is 0.178. The number of aliphatic hydroxyl groups excluding tert-OH is 4. The summed E-state index contributed by atoms with van der Waals surface area (Å²) in [6.07, 6.45) is -2.83. The molecule has 3 aliphatic rings. The van der Waals surface area contributed by atoms with Gasteiger partial charge in [-0.25, -0.2) is 0 Å². The van der Waals surface area contributed by atoms with Crippen molar-refractivity contribution in [3.8, 4) is 0 Å². The first-order valence-corrected chi connectivity index (χ1v) is 7.91. The van der Waals surface area contributed by atoms with Crippen LogP contribution in [-0.4, -0.2) is 82.5 Å². The van der Waals surface area contributed by atoms with Gasteiger partial charge < -0.3 is 35.2 Å². The molecule has 5 N–H and O–H groups in total. The highest BCUT2D eigenvalue weighted by molar-refractivity contribution is 5.20. The van der Waals surface area contributed by atoms with Gasteiger partial charge >= 0.3 is 0 Å². The number of fused-ring (bicyclic) bond motifs is 2. The topological polar surface area (TPSA) is 160 Å². The van der Waals surface area contributed by atoms with E-state index in [1.165, 1.54) is 0 Å². The second kappa shape index (κ2) is 6.95. The first-order chi connectivity index (χ1) is 11.5. The lowest BCUT2D eigenvalue weighted by Gasteiger charge is -2.42. The summed E-state index contributed by atoms with van der Waals surface area (Å²) in [6, 6.07) is -2.25. The monoisotopic (exact) mass is 342 g/mol. The van der Waals surface area contributed by atoms with Gasteiger partial charge in [-0.3, -0.25) is 0 Å². The van der Waals surface area contributed by atoms with Crippen LogP contribution in [-0.2, 0) is 9.47 Å². The zero-order valence-corrected chi connectivity index (χ0v) is 13.1. The van der Waals surface area contributed by atoms with Crippen molar-refractivity contribution in [1.29, 1.82) is 0 Å². The van der Waals surface area contributed by atoms with Crippen LogP contribution in [0.2, 0.25) is 0 Å². The van der Waals surface area contributed by atoms with E-state index in [4.69, 9.17) is 15.0 Å². The van der Waals surface area contributed by atoms with Crippen LogP contribution in [0.4, 0.5) is 0 Å². The van der Waals surface area contributed by atoms with Gasteiger partial charge in [-0.2, -0.15) is 0 Å². The van der Waals surface area contributed by atoms with E-state index in [-0.39, 0.29) is 19.1 Å². The number of hydrogen-bond donors (Lipinski definition) is 5. The molecule has 10 heteroatoms. The minimum atomic E-state index is -1.11. The molecule has 0 radical (unpaired) electrons. The fourth-order valence-electron chi connectivity index (χ4n) is 3.56. The van der Waals surface area contributed by atoms with Crippen molar-refractivity contribution in [2.24, 2.45) is 11.0 Å². The summed E-state index contributed by atoms with van der Waals surface area (Å²) in [6.45, 7) is 1.70. The Kier molecular flexibility index (Phi) is 5.09. The molecule has 9 unspecified atom stereocenters. The molecule has 0 aromatic carbocycles. The lowest BCUT2D eigenvalue weighted by atomic mass is 9.81. The predicted molar refractivity (Wildman–Crippen MR) is 80.6 cm³/mol. The van der Waals surface area contributed by atoms with Crippen molar-refractivity contribution in [3.05, 3.63) is 22.1 Å². The third-order valence-electron chi connectivity index (χ3n) is 5.09. The minimum Gasteiger partial charge on any atom is -0.392 e. The molecular weight excluding hydrogens is 320 g/mol. The van der Waals surface area contributed by atoms with E-state index in [2.05, 4.69) is 15.3 Å². The zero-order valence-electron chi connectivity index (χ0n) is 13.1. The molecule has 2 bridgehead atoms. The third kappa shape index (κ3) is 2.92.